The van der Waals surface area contributed by atoms with E-state index in [0.717, 1.165) is 10.6 Å². The Bertz CT molecular complexity index is 885. The van der Waals surface area contributed by atoms with Crippen LogP contribution in [0.15, 0.2) is 42.5 Å². The zero-order valence-electron chi connectivity index (χ0n) is 14.4. The fourth-order valence-electron chi connectivity index (χ4n) is 2.39. The number of halogens is 1. The lowest BCUT2D eigenvalue weighted by Gasteiger charge is -2.24. The number of anilines is 1. The van der Waals surface area contributed by atoms with Crippen LogP contribution < -0.4 is 20.3 Å². The Hall–Kier alpha value is -2.65. The van der Waals surface area contributed by atoms with E-state index in [0.29, 0.717) is 23.6 Å². The number of hydrogen-bond acceptors (Lipinski definition) is 5. The number of nitrogen functional groups attached to an aromatic ring is 1. The fourth-order valence-corrected chi connectivity index (χ4v) is 3.26. The number of hydrazine groups is 1. The maximum Gasteiger partial charge on any atom is 0.265 e. The van der Waals surface area contributed by atoms with Gasteiger partial charge in [-0.2, -0.15) is 0 Å². The molecule has 1 amide bonds. The Morgan fingerprint density at radius 2 is 1.88 bits per heavy atom. The summed E-state index contributed by atoms with van der Waals surface area (Å²) >= 11 is 0. The molecular weight excluding hydrogens is 361 g/mol. The van der Waals surface area contributed by atoms with Crippen molar-refractivity contribution in [2.45, 2.75) is 13.5 Å². The molecule has 0 saturated carbocycles. The molecule has 2 aromatic rings. The number of ether oxygens (including phenoxy) is 1. The molecule has 0 unspecified atom stereocenters. The van der Waals surface area contributed by atoms with Crippen molar-refractivity contribution in [3.63, 3.8) is 0 Å². The van der Waals surface area contributed by atoms with Crippen LogP contribution in [0.25, 0.3) is 0 Å². The summed E-state index contributed by atoms with van der Waals surface area (Å²) in [6, 6.07) is 9.70. The summed E-state index contributed by atoms with van der Waals surface area (Å²) in [4.78, 5) is 11.8. The van der Waals surface area contributed by atoms with Crippen LogP contribution in [0.3, 0.4) is 0 Å². The molecule has 9 heteroatoms. The summed E-state index contributed by atoms with van der Waals surface area (Å²) in [5.74, 6) is 4.61. The molecule has 2 rings (SSSR count). The van der Waals surface area contributed by atoms with E-state index >= 15 is 0 Å². The molecule has 2 aromatic carbocycles. The zero-order valence-corrected chi connectivity index (χ0v) is 15.2. The first-order chi connectivity index (χ1) is 12.3. The van der Waals surface area contributed by atoms with Gasteiger partial charge in [0.05, 0.1) is 25.1 Å². The lowest BCUT2D eigenvalue weighted by atomic mass is 10.1. The summed E-state index contributed by atoms with van der Waals surface area (Å²) in [6.45, 7) is 2.06. The monoisotopic (exact) mass is 381 g/mol. The van der Waals surface area contributed by atoms with Crippen LogP contribution in [0.2, 0.25) is 0 Å². The minimum Gasteiger partial charge on any atom is -0.494 e. The van der Waals surface area contributed by atoms with E-state index in [4.69, 9.17) is 10.6 Å². The average Bonchev–Trinajstić information content (AvgIpc) is 2.60. The van der Waals surface area contributed by atoms with Gasteiger partial charge in [0.25, 0.3) is 5.91 Å². The van der Waals surface area contributed by atoms with Crippen molar-refractivity contribution in [1.29, 1.82) is 0 Å². The van der Waals surface area contributed by atoms with Gasteiger partial charge in [-0.25, -0.2) is 18.7 Å². The lowest BCUT2D eigenvalue weighted by Crippen LogP contribution is -2.31. The SMILES string of the molecule is CCOc1ccc(C(=O)NN)cc1CN(c1ccc(F)cc1)S(C)(=O)=O. The summed E-state index contributed by atoms with van der Waals surface area (Å²) in [5, 5.41) is 0. The second-order valence-electron chi connectivity index (χ2n) is 5.48. The van der Waals surface area contributed by atoms with Crippen LogP contribution in [-0.4, -0.2) is 27.2 Å². The highest BCUT2D eigenvalue weighted by Gasteiger charge is 2.21. The molecule has 0 spiro atoms. The van der Waals surface area contributed by atoms with Crippen molar-refractivity contribution in [1.82, 2.24) is 5.43 Å². The summed E-state index contributed by atoms with van der Waals surface area (Å²) < 4.78 is 44.3. The van der Waals surface area contributed by atoms with E-state index in [1.807, 2.05) is 5.43 Å². The number of nitrogens with two attached hydrogens (primary N) is 1. The molecule has 0 fully saturated rings. The third-order valence-corrected chi connectivity index (χ3v) is 4.72. The maximum absolute atomic E-state index is 13.2. The molecule has 0 aliphatic rings. The third kappa shape index (κ3) is 4.70. The minimum atomic E-state index is -3.67. The van der Waals surface area contributed by atoms with E-state index in [1.165, 1.54) is 36.4 Å². The molecule has 140 valence electrons. The van der Waals surface area contributed by atoms with Crippen molar-refractivity contribution in [2.24, 2.45) is 5.84 Å². The van der Waals surface area contributed by atoms with Gasteiger partial charge in [0, 0.05) is 11.1 Å². The van der Waals surface area contributed by atoms with Gasteiger partial charge < -0.3 is 4.74 Å². The topological polar surface area (TPSA) is 102 Å². The largest absolute Gasteiger partial charge is 0.494 e. The van der Waals surface area contributed by atoms with E-state index in [-0.39, 0.29) is 12.1 Å². The van der Waals surface area contributed by atoms with Gasteiger partial charge in [0.15, 0.2) is 0 Å². The molecule has 26 heavy (non-hydrogen) atoms. The highest BCUT2D eigenvalue weighted by Crippen LogP contribution is 2.27. The molecule has 0 atom stereocenters. The van der Waals surface area contributed by atoms with Crippen molar-refractivity contribution in [3.05, 3.63) is 59.4 Å². The first kappa shape index (κ1) is 19.7. The van der Waals surface area contributed by atoms with Crippen molar-refractivity contribution < 1.29 is 22.3 Å². The van der Waals surface area contributed by atoms with Gasteiger partial charge in [-0.05, 0) is 49.4 Å². The number of carbonyl (C=O) groups excluding carboxylic acids is 1. The first-order valence-corrected chi connectivity index (χ1v) is 9.61. The van der Waals surface area contributed by atoms with E-state index in [1.54, 1.807) is 13.0 Å². The van der Waals surface area contributed by atoms with Gasteiger partial charge in [-0.1, -0.05) is 0 Å². The van der Waals surface area contributed by atoms with Crippen molar-refractivity contribution in [3.8, 4) is 5.75 Å². The second kappa shape index (κ2) is 8.15. The number of nitrogens with one attached hydrogen (secondary N) is 1. The predicted octanol–water partition coefficient (Wildman–Crippen LogP) is 1.79. The summed E-state index contributed by atoms with van der Waals surface area (Å²) in [7, 11) is -3.67. The molecule has 7 nitrogen and oxygen atoms in total. The number of rotatable bonds is 7. The second-order valence-corrected chi connectivity index (χ2v) is 7.38. The smallest absolute Gasteiger partial charge is 0.265 e. The van der Waals surface area contributed by atoms with Gasteiger partial charge in [0.2, 0.25) is 10.0 Å². The molecule has 0 aliphatic carbocycles. The third-order valence-electron chi connectivity index (χ3n) is 3.58. The molecule has 0 aromatic heterocycles. The molecule has 0 aliphatic heterocycles. The Kier molecular flexibility index (Phi) is 6.17. The quantitative estimate of drug-likeness (QED) is 0.433. The van der Waals surface area contributed by atoms with E-state index < -0.39 is 21.7 Å². The number of carbonyl (C=O) groups is 1. The highest BCUT2D eigenvalue weighted by molar-refractivity contribution is 7.92. The zero-order chi connectivity index (χ0) is 19.3. The van der Waals surface area contributed by atoms with Gasteiger partial charge in [0.1, 0.15) is 11.6 Å². The maximum atomic E-state index is 13.2. The van der Waals surface area contributed by atoms with E-state index in [9.17, 15) is 17.6 Å². The molecular formula is C17H20FN3O4S. The van der Waals surface area contributed by atoms with Crippen LogP contribution >= 0.6 is 0 Å². The normalized spacial score (nSPS) is 11.1. The number of sulfonamides is 1. The molecule has 0 bridgehead atoms. The molecule has 0 saturated heterocycles. The molecule has 3 N–H and O–H groups in total. The fraction of sp³-hybridized carbons (Fsp3) is 0.235. The molecule has 0 heterocycles. The Labute approximate surface area is 151 Å². The average molecular weight is 381 g/mol. The number of amides is 1. The van der Waals surface area contributed by atoms with Gasteiger partial charge >= 0.3 is 0 Å². The van der Waals surface area contributed by atoms with Crippen LogP contribution in [0, 0.1) is 5.82 Å². The van der Waals surface area contributed by atoms with Gasteiger partial charge in [-0.3, -0.25) is 14.5 Å². The van der Waals surface area contributed by atoms with Crippen molar-refractivity contribution >= 4 is 21.6 Å². The van der Waals surface area contributed by atoms with Crippen molar-refractivity contribution in [2.75, 3.05) is 17.2 Å². The number of benzene rings is 2. The lowest BCUT2D eigenvalue weighted by molar-refractivity contribution is 0.0953. The number of nitrogens with zero attached hydrogens (tertiary/aromatic N) is 1. The van der Waals surface area contributed by atoms with Gasteiger partial charge in [-0.15, -0.1) is 0 Å². The highest BCUT2D eigenvalue weighted by atomic mass is 32.2. The Balaban J connectivity index is 2.49. The Morgan fingerprint density at radius 1 is 1.23 bits per heavy atom. The van der Waals surface area contributed by atoms with Crippen LogP contribution in [0.1, 0.15) is 22.8 Å². The number of hydrogen-bond donors (Lipinski definition) is 2. The summed E-state index contributed by atoms with van der Waals surface area (Å²) in [5.41, 5.74) is 3.06. The van der Waals surface area contributed by atoms with Crippen LogP contribution in [0.4, 0.5) is 10.1 Å². The first-order valence-electron chi connectivity index (χ1n) is 7.76. The van der Waals surface area contributed by atoms with Crippen LogP contribution in [0.5, 0.6) is 5.75 Å². The predicted molar refractivity (Wildman–Crippen MR) is 96.7 cm³/mol. The standard InChI is InChI=1S/C17H20FN3O4S/c1-3-25-16-9-4-12(17(22)20-19)10-13(16)11-21(26(2,23)24)15-7-5-14(18)6-8-15/h4-10H,3,11,19H2,1-2H3,(H,20,22). The Morgan fingerprint density at radius 3 is 2.42 bits per heavy atom. The van der Waals surface area contributed by atoms with Crippen LogP contribution in [-0.2, 0) is 16.6 Å². The summed E-state index contributed by atoms with van der Waals surface area (Å²) in [6.07, 6.45) is 1.05. The molecule has 0 radical (unpaired) electrons. The van der Waals surface area contributed by atoms with E-state index in [2.05, 4.69) is 0 Å². The minimum absolute atomic E-state index is 0.0918.